The summed E-state index contributed by atoms with van der Waals surface area (Å²) in [6, 6.07) is 10.4. The number of hydrogen-bond acceptors (Lipinski definition) is 4. The van der Waals surface area contributed by atoms with Gasteiger partial charge in [-0.05, 0) is 12.1 Å². The third-order valence-corrected chi connectivity index (χ3v) is 4.34. The van der Waals surface area contributed by atoms with Gasteiger partial charge in [-0.3, -0.25) is 4.79 Å². The zero-order valence-corrected chi connectivity index (χ0v) is 11.0. The van der Waals surface area contributed by atoms with Crippen LogP contribution in [-0.4, -0.2) is 17.3 Å². The third kappa shape index (κ3) is 2.04. The first-order chi connectivity index (χ1) is 8.74. The lowest BCUT2D eigenvalue weighted by Gasteiger charge is -2.28. The van der Waals surface area contributed by atoms with Gasteiger partial charge >= 0.3 is 0 Å². The maximum Gasteiger partial charge on any atom is 0.188 e. The molecule has 3 nitrogen and oxygen atoms in total. The van der Waals surface area contributed by atoms with Crippen molar-refractivity contribution in [3.05, 3.63) is 45.9 Å². The predicted molar refractivity (Wildman–Crippen MR) is 73.3 cm³/mol. The van der Waals surface area contributed by atoms with E-state index in [4.69, 9.17) is 0 Å². The number of Topliss-reactive ketones (excluding diaryl/α,β-unsaturated/α-hetero) is 1. The molecule has 3 rings (SSSR count). The maximum absolute atomic E-state index is 11.3. The number of hydrogen-bond donors (Lipinski definition) is 0. The Morgan fingerprint density at radius 1 is 1.33 bits per heavy atom. The Kier molecular flexibility index (Phi) is 2.88. The van der Waals surface area contributed by atoms with Gasteiger partial charge in [-0.15, -0.1) is 11.3 Å². The lowest BCUT2D eigenvalue weighted by atomic mass is 10.1. The molecule has 0 unspecified atom stereocenters. The van der Waals surface area contributed by atoms with Crippen LogP contribution in [0.4, 0.5) is 5.69 Å². The second-order valence-corrected chi connectivity index (χ2v) is 5.54. The number of carbonyl (C=O) groups is 1. The van der Waals surface area contributed by atoms with Gasteiger partial charge in [0.1, 0.15) is 0 Å². The minimum absolute atomic E-state index is 0.0701. The highest BCUT2D eigenvalue weighted by Crippen LogP contribution is 2.28. The monoisotopic (exact) mass is 258 g/mol. The molecule has 18 heavy (non-hydrogen) atoms. The molecule has 0 atom stereocenters. The van der Waals surface area contributed by atoms with E-state index in [-0.39, 0.29) is 5.78 Å². The fourth-order valence-corrected chi connectivity index (χ4v) is 3.22. The highest BCUT2D eigenvalue weighted by molar-refractivity contribution is 7.13. The van der Waals surface area contributed by atoms with Gasteiger partial charge < -0.3 is 4.90 Å². The van der Waals surface area contributed by atoms with E-state index in [1.165, 1.54) is 21.9 Å². The largest absolute Gasteiger partial charge is 0.366 e. The van der Waals surface area contributed by atoms with E-state index in [2.05, 4.69) is 34.1 Å². The molecular formula is C14H14N2OS. The van der Waals surface area contributed by atoms with Crippen LogP contribution < -0.4 is 4.90 Å². The van der Waals surface area contributed by atoms with Gasteiger partial charge in [0.2, 0.25) is 0 Å². The van der Waals surface area contributed by atoms with Gasteiger partial charge in [-0.2, -0.15) is 0 Å². The number of rotatable bonds is 2. The average Bonchev–Trinajstić information content (AvgIpc) is 2.82. The molecule has 0 spiro atoms. The summed E-state index contributed by atoms with van der Waals surface area (Å²) in [7, 11) is 0. The fourth-order valence-electron chi connectivity index (χ4n) is 2.21. The van der Waals surface area contributed by atoms with Crippen LogP contribution in [0.25, 0.3) is 0 Å². The summed E-state index contributed by atoms with van der Waals surface area (Å²) in [5.74, 6) is 0.0701. The zero-order chi connectivity index (χ0) is 12.5. The van der Waals surface area contributed by atoms with Crippen molar-refractivity contribution in [2.75, 3.05) is 11.4 Å². The van der Waals surface area contributed by atoms with Gasteiger partial charge in [0.25, 0.3) is 0 Å². The smallest absolute Gasteiger partial charge is 0.188 e. The first-order valence-corrected chi connectivity index (χ1v) is 6.85. The Bertz CT molecular complexity index is 577. The minimum Gasteiger partial charge on any atom is -0.366 e. The van der Waals surface area contributed by atoms with Crippen molar-refractivity contribution in [2.45, 2.75) is 19.9 Å². The molecular weight excluding hydrogens is 244 g/mol. The van der Waals surface area contributed by atoms with E-state index in [0.717, 1.165) is 25.2 Å². The number of ketones is 1. The van der Waals surface area contributed by atoms with E-state index < -0.39 is 0 Å². The molecule has 2 aromatic rings. The lowest BCUT2D eigenvalue weighted by Crippen LogP contribution is -2.29. The first-order valence-electron chi connectivity index (χ1n) is 6.03. The van der Waals surface area contributed by atoms with Crippen LogP contribution in [0.15, 0.2) is 30.3 Å². The van der Waals surface area contributed by atoms with Crippen molar-refractivity contribution in [3.63, 3.8) is 0 Å². The zero-order valence-electron chi connectivity index (χ0n) is 10.2. The van der Waals surface area contributed by atoms with Crippen LogP contribution in [0.2, 0.25) is 0 Å². The van der Waals surface area contributed by atoms with Crippen LogP contribution in [0.5, 0.6) is 0 Å². The Morgan fingerprint density at radius 3 is 2.83 bits per heavy atom. The van der Waals surface area contributed by atoms with Gasteiger partial charge in [0, 0.05) is 30.5 Å². The number of carbonyl (C=O) groups excluding carboxylic acids is 1. The predicted octanol–water partition coefficient (Wildman–Crippen LogP) is 2.91. The number of nitrogens with zero attached hydrogens (tertiary/aromatic N) is 2. The second kappa shape index (κ2) is 4.53. The third-order valence-electron chi connectivity index (χ3n) is 3.15. The quantitative estimate of drug-likeness (QED) is 0.777. The van der Waals surface area contributed by atoms with Gasteiger partial charge in [-0.25, -0.2) is 4.98 Å². The number of anilines is 1. The topological polar surface area (TPSA) is 33.2 Å². The van der Waals surface area contributed by atoms with Crippen molar-refractivity contribution in [1.82, 2.24) is 4.98 Å². The summed E-state index contributed by atoms with van der Waals surface area (Å²) < 4.78 is 0. The van der Waals surface area contributed by atoms with Gasteiger partial charge in [0.15, 0.2) is 10.8 Å². The molecule has 0 amide bonds. The summed E-state index contributed by atoms with van der Waals surface area (Å²) in [4.78, 5) is 19.3. The van der Waals surface area contributed by atoms with E-state index in [1.54, 1.807) is 6.92 Å². The summed E-state index contributed by atoms with van der Waals surface area (Å²) in [6.07, 6.45) is 0.925. The number of fused-ring (bicyclic) bond motifs is 1. The molecule has 0 bridgehead atoms. The Labute approximate surface area is 110 Å². The van der Waals surface area contributed by atoms with Crippen molar-refractivity contribution in [3.8, 4) is 0 Å². The number of para-hydroxylation sites is 1. The SMILES string of the molecule is CC(=O)c1nc2c(s1)CN(c1ccccc1)CC2. The van der Waals surface area contributed by atoms with Crippen LogP contribution in [0.1, 0.15) is 27.3 Å². The molecule has 0 saturated heterocycles. The van der Waals surface area contributed by atoms with Crippen LogP contribution in [-0.2, 0) is 13.0 Å². The van der Waals surface area contributed by atoms with Crippen LogP contribution in [0.3, 0.4) is 0 Å². The molecule has 2 heterocycles. The summed E-state index contributed by atoms with van der Waals surface area (Å²) in [5, 5.41) is 0.648. The Hall–Kier alpha value is -1.68. The van der Waals surface area contributed by atoms with Crippen molar-refractivity contribution < 1.29 is 4.79 Å². The van der Waals surface area contributed by atoms with E-state index in [1.807, 2.05) is 6.07 Å². The standard InChI is InChI=1S/C14H14N2OS/c1-10(17)14-15-12-7-8-16(9-13(12)18-14)11-5-3-2-4-6-11/h2-6H,7-9H2,1H3. The van der Waals surface area contributed by atoms with Gasteiger partial charge in [-0.1, -0.05) is 18.2 Å². The normalized spacial score (nSPS) is 14.4. The summed E-state index contributed by atoms with van der Waals surface area (Å²) >= 11 is 1.54. The summed E-state index contributed by atoms with van der Waals surface area (Å²) in [5.41, 5.74) is 2.35. The van der Waals surface area contributed by atoms with Crippen molar-refractivity contribution in [1.29, 1.82) is 0 Å². The molecule has 0 radical (unpaired) electrons. The second-order valence-electron chi connectivity index (χ2n) is 4.45. The summed E-state index contributed by atoms with van der Waals surface area (Å²) in [6.45, 7) is 3.42. The molecule has 0 N–H and O–H groups in total. The highest BCUT2D eigenvalue weighted by Gasteiger charge is 2.21. The number of thiazole rings is 1. The molecule has 92 valence electrons. The fraction of sp³-hybridized carbons (Fsp3) is 0.286. The van der Waals surface area contributed by atoms with E-state index in [0.29, 0.717) is 5.01 Å². The molecule has 1 aromatic heterocycles. The lowest BCUT2D eigenvalue weighted by molar-refractivity contribution is 0.101. The Morgan fingerprint density at radius 2 is 2.11 bits per heavy atom. The van der Waals surface area contributed by atoms with E-state index >= 15 is 0 Å². The van der Waals surface area contributed by atoms with E-state index in [9.17, 15) is 4.79 Å². The van der Waals surface area contributed by atoms with Gasteiger partial charge in [0.05, 0.1) is 12.2 Å². The van der Waals surface area contributed by atoms with Crippen LogP contribution >= 0.6 is 11.3 Å². The molecule has 1 aliphatic rings. The molecule has 1 aliphatic heterocycles. The molecule has 4 heteroatoms. The van der Waals surface area contributed by atoms with Crippen molar-refractivity contribution >= 4 is 22.8 Å². The molecule has 0 aliphatic carbocycles. The Balaban J connectivity index is 1.87. The minimum atomic E-state index is 0.0701. The first kappa shape index (κ1) is 11.4. The maximum atomic E-state index is 11.3. The van der Waals surface area contributed by atoms with Crippen LogP contribution in [0, 0.1) is 0 Å². The number of benzene rings is 1. The molecule has 0 saturated carbocycles. The number of aromatic nitrogens is 1. The van der Waals surface area contributed by atoms with Crippen molar-refractivity contribution in [2.24, 2.45) is 0 Å². The molecule has 0 fully saturated rings. The average molecular weight is 258 g/mol. The molecule has 1 aromatic carbocycles. The highest BCUT2D eigenvalue weighted by atomic mass is 32.1.